The van der Waals surface area contributed by atoms with Crippen molar-refractivity contribution in [1.29, 1.82) is 0 Å². The molecule has 0 bridgehead atoms. The van der Waals surface area contributed by atoms with Crippen LogP contribution in [0.3, 0.4) is 0 Å². The molecule has 4 heteroatoms. The second-order valence-corrected chi connectivity index (χ2v) is 7.25. The molecule has 0 spiro atoms. The van der Waals surface area contributed by atoms with Gasteiger partial charge in [0.2, 0.25) is 0 Å². The zero-order valence-corrected chi connectivity index (χ0v) is 16.4. The molecule has 3 aromatic carbocycles. The van der Waals surface area contributed by atoms with Crippen LogP contribution in [0.4, 0.5) is 0 Å². The highest BCUT2D eigenvalue weighted by atomic mass is 16.5. The van der Waals surface area contributed by atoms with Gasteiger partial charge in [-0.2, -0.15) is 0 Å². The number of carbonyl (C=O) groups is 1. The number of furan rings is 1. The van der Waals surface area contributed by atoms with Crippen molar-refractivity contribution in [2.24, 2.45) is 0 Å². The number of hydrogen-bond acceptors (Lipinski definition) is 3. The number of aryl methyl sites for hydroxylation is 2. The number of carboxylic acids is 1. The third kappa shape index (κ3) is 4.02. The van der Waals surface area contributed by atoms with Crippen molar-refractivity contribution in [2.45, 2.75) is 26.9 Å². The maximum atomic E-state index is 10.9. The van der Waals surface area contributed by atoms with Gasteiger partial charge in [-0.3, -0.25) is 4.79 Å². The number of carboxylic acid groups (broad SMARTS) is 1. The molecule has 0 saturated carbocycles. The van der Waals surface area contributed by atoms with E-state index >= 15 is 0 Å². The fourth-order valence-electron chi connectivity index (χ4n) is 3.71. The summed E-state index contributed by atoms with van der Waals surface area (Å²) in [7, 11) is 0. The molecule has 0 aliphatic carbocycles. The first-order valence-corrected chi connectivity index (χ1v) is 9.51. The van der Waals surface area contributed by atoms with E-state index in [4.69, 9.17) is 14.3 Å². The van der Waals surface area contributed by atoms with Gasteiger partial charge >= 0.3 is 5.97 Å². The molecule has 0 amide bonds. The standard InChI is InChI=1S/C25H22O4/c1-16-5-3-6-17(2)25(16)19-8-4-7-18(11-19)14-28-21-9-10-22-20(12-24(26)27)15-29-23(22)13-21/h3-11,13,15H,12,14H2,1-2H3,(H,26,27). The molecule has 0 radical (unpaired) electrons. The Kier molecular flexibility index (Phi) is 5.09. The van der Waals surface area contributed by atoms with E-state index in [1.165, 1.54) is 28.5 Å². The molecule has 0 saturated heterocycles. The number of fused-ring (bicyclic) bond motifs is 1. The molecule has 0 fully saturated rings. The van der Waals surface area contributed by atoms with Crippen LogP contribution in [0, 0.1) is 13.8 Å². The van der Waals surface area contributed by atoms with E-state index in [2.05, 4.69) is 44.2 Å². The minimum Gasteiger partial charge on any atom is -0.489 e. The first-order valence-electron chi connectivity index (χ1n) is 9.51. The predicted molar refractivity (Wildman–Crippen MR) is 113 cm³/mol. The van der Waals surface area contributed by atoms with Gasteiger partial charge in [-0.1, -0.05) is 36.4 Å². The van der Waals surface area contributed by atoms with Gasteiger partial charge in [0.1, 0.15) is 17.9 Å². The molecule has 1 N–H and O–H groups in total. The van der Waals surface area contributed by atoms with Crippen LogP contribution < -0.4 is 4.74 Å². The normalized spacial score (nSPS) is 11.0. The van der Waals surface area contributed by atoms with E-state index in [0.717, 1.165) is 10.9 Å². The first kappa shape index (κ1) is 18.8. The van der Waals surface area contributed by atoms with Crippen LogP contribution in [0.1, 0.15) is 22.3 Å². The van der Waals surface area contributed by atoms with E-state index in [-0.39, 0.29) is 6.42 Å². The molecule has 1 aromatic heterocycles. The van der Waals surface area contributed by atoms with Crippen molar-refractivity contribution < 1.29 is 19.1 Å². The van der Waals surface area contributed by atoms with E-state index in [1.54, 1.807) is 6.07 Å². The smallest absolute Gasteiger partial charge is 0.307 e. The Morgan fingerprint density at radius 2 is 1.76 bits per heavy atom. The van der Waals surface area contributed by atoms with Gasteiger partial charge < -0.3 is 14.3 Å². The highest BCUT2D eigenvalue weighted by Crippen LogP contribution is 2.29. The van der Waals surface area contributed by atoms with Crippen molar-refractivity contribution in [1.82, 2.24) is 0 Å². The van der Waals surface area contributed by atoms with Crippen LogP contribution in [0.5, 0.6) is 5.75 Å². The summed E-state index contributed by atoms with van der Waals surface area (Å²) in [5.41, 5.74) is 7.32. The van der Waals surface area contributed by atoms with Crippen LogP contribution in [-0.2, 0) is 17.8 Å². The Hall–Kier alpha value is -3.53. The van der Waals surface area contributed by atoms with Crippen LogP contribution in [-0.4, -0.2) is 11.1 Å². The molecule has 29 heavy (non-hydrogen) atoms. The summed E-state index contributed by atoms with van der Waals surface area (Å²) in [5, 5.41) is 9.78. The average Bonchev–Trinajstić information content (AvgIpc) is 3.08. The second-order valence-electron chi connectivity index (χ2n) is 7.25. The lowest BCUT2D eigenvalue weighted by atomic mass is 9.95. The molecular formula is C25H22O4. The van der Waals surface area contributed by atoms with Gasteiger partial charge in [-0.25, -0.2) is 0 Å². The van der Waals surface area contributed by atoms with Gasteiger partial charge in [0.15, 0.2) is 0 Å². The monoisotopic (exact) mass is 386 g/mol. The molecule has 146 valence electrons. The van der Waals surface area contributed by atoms with Crippen LogP contribution in [0.25, 0.3) is 22.1 Å². The molecule has 4 nitrogen and oxygen atoms in total. The second kappa shape index (κ2) is 7.84. The van der Waals surface area contributed by atoms with Crippen LogP contribution in [0.15, 0.2) is 71.3 Å². The minimum atomic E-state index is -0.878. The molecule has 0 unspecified atom stereocenters. The van der Waals surface area contributed by atoms with Gasteiger partial charge in [0.25, 0.3) is 0 Å². The molecule has 4 rings (SSSR count). The Bertz CT molecular complexity index is 1170. The summed E-state index contributed by atoms with van der Waals surface area (Å²) in [6, 6.07) is 20.2. The largest absolute Gasteiger partial charge is 0.489 e. The summed E-state index contributed by atoms with van der Waals surface area (Å²) in [5.74, 6) is -0.192. The minimum absolute atomic E-state index is 0.0572. The highest BCUT2D eigenvalue weighted by molar-refractivity contribution is 5.86. The maximum absolute atomic E-state index is 10.9. The van der Waals surface area contributed by atoms with E-state index in [9.17, 15) is 4.79 Å². The third-order valence-electron chi connectivity index (χ3n) is 5.07. The Morgan fingerprint density at radius 3 is 2.52 bits per heavy atom. The van der Waals surface area contributed by atoms with Crippen LogP contribution in [0.2, 0.25) is 0 Å². The number of rotatable bonds is 6. The van der Waals surface area contributed by atoms with Gasteiger partial charge in [0.05, 0.1) is 12.7 Å². The summed E-state index contributed by atoms with van der Waals surface area (Å²) in [4.78, 5) is 10.9. The molecule has 4 aromatic rings. The van der Waals surface area contributed by atoms with Crippen molar-refractivity contribution in [3.8, 4) is 16.9 Å². The van der Waals surface area contributed by atoms with E-state index < -0.39 is 5.97 Å². The number of aliphatic carboxylic acids is 1. The molecule has 1 heterocycles. The number of benzene rings is 3. The summed E-state index contributed by atoms with van der Waals surface area (Å²) < 4.78 is 11.5. The average molecular weight is 386 g/mol. The highest BCUT2D eigenvalue weighted by Gasteiger charge is 2.11. The zero-order valence-electron chi connectivity index (χ0n) is 16.4. The fraction of sp³-hybridized carbons (Fsp3) is 0.160. The first-order chi connectivity index (χ1) is 14.0. The zero-order chi connectivity index (χ0) is 20.4. The topological polar surface area (TPSA) is 59.7 Å². The van der Waals surface area contributed by atoms with E-state index in [0.29, 0.717) is 23.5 Å². The number of hydrogen-bond donors (Lipinski definition) is 1. The lowest BCUT2D eigenvalue weighted by molar-refractivity contribution is -0.136. The summed E-state index contributed by atoms with van der Waals surface area (Å²) in [6.45, 7) is 4.69. The van der Waals surface area contributed by atoms with Crippen molar-refractivity contribution in [3.05, 3.63) is 89.2 Å². The van der Waals surface area contributed by atoms with Crippen molar-refractivity contribution in [3.63, 3.8) is 0 Å². The SMILES string of the molecule is Cc1cccc(C)c1-c1cccc(COc2ccc3c(CC(=O)O)coc3c2)c1. The molecule has 0 aliphatic heterocycles. The maximum Gasteiger partial charge on any atom is 0.307 e. The van der Waals surface area contributed by atoms with E-state index in [1.807, 2.05) is 24.3 Å². The van der Waals surface area contributed by atoms with Crippen molar-refractivity contribution in [2.75, 3.05) is 0 Å². The quantitative estimate of drug-likeness (QED) is 0.447. The summed E-state index contributed by atoms with van der Waals surface area (Å²) in [6.07, 6.45) is 1.44. The Morgan fingerprint density at radius 1 is 1.00 bits per heavy atom. The predicted octanol–water partition coefficient (Wildman–Crippen LogP) is 5.92. The lowest BCUT2D eigenvalue weighted by Gasteiger charge is -2.12. The fourth-order valence-corrected chi connectivity index (χ4v) is 3.71. The lowest BCUT2D eigenvalue weighted by Crippen LogP contribution is -1.99. The molecular weight excluding hydrogens is 364 g/mol. The third-order valence-corrected chi connectivity index (χ3v) is 5.07. The van der Waals surface area contributed by atoms with Crippen molar-refractivity contribution >= 4 is 16.9 Å². The van der Waals surface area contributed by atoms with Gasteiger partial charge in [0, 0.05) is 17.0 Å². The summed E-state index contributed by atoms with van der Waals surface area (Å²) >= 11 is 0. The molecule has 0 aliphatic rings. The van der Waals surface area contributed by atoms with Gasteiger partial charge in [-0.05, 0) is 59.9 Å². The Balaban J connectivity index is 1.53. The van der Waals surface area contributed by atoms with Crippen LogP contribution >= 0.6 is 0 Å². The van der Waals surface area contributed by atoms with Gasteiger partial charge in [-0.15, -0.1) is 0 Å². The number of ether oxygens (including phenoxy) is 1. The molecule has 0 atom stereocenters. The Labute approximate surface area is 169 Å².